The van der Waals surface area contributed by atoms with Crippen molar-refractivity contribution in [2.75, 3.05) is 0 Å². The van der Waals surface area contributed by atoms with Crippen molar-refractivity contribution in [3.05, 3.63) is 28.5 Å². The number of pyridine rings is 1. The summed E-state index contributed by atoms with van der Waals surface area (Å²) in [5.41, 5.74) is 5.71. The predicted molar refractivity (Wildman–Crippen MR) is 73.0 cm³/mol. The Morgan fingerprint density at radius 1 is 1.61 bits per heavy atom. The monoisotopic (exact) mass is 334 g/mol. The zero-order valence-corrected chi connectivity index (χ0v) is 12.5. The van der Waals surface area contributed by atoms with E-state index < -0.39 is 21.7 Å². The number of nitrogens with zero attached hydrogens (tertiary/aromatic N) is 1. The van der Waals surface area contributed by atoms with E-state index in [9.17, 15) is 13.6 Å². The highest BCUT2D eigenvalue weighted by Crippen LogP contribution is 2.34. The number of carbonyl (C=O) groups is 1. The second-order valence-electron chi connectivity index (χ2n) is 4.41. The van der Waals surface area contributed by atoms with Gasteiger partial charge in [-0.15, -0.1) is 0 Å². The first kappa shape index (κ1) is 15.3. The van der Waals surface area contributed by atoms with Crippen molar-refractivity contribution in [2.24, 2.45) is 11.7 Å². The average molecular weight is 335 g/mol. The highest BCUT2D eigenvalue weighted by Gasteiger charge is 2.45. The van der Waals surface area contributed by atoms with Gasteiger partial charge in [-0.25, -0.2) is 9.19 Å². The maximum absolute atomic E-state index is 11.7. The minimum Gasteiger partial charge on any atom is -0.368 e. The molecule has 0 aliphatic carbocycles. The molecule has 2 unspecified atom stereocenters. The zero-order valence-electron chi connectivity index (χ0n) is 10.1. The van der Waals surface area contributed by atoms with Gasteiger partial charge in [-0.2, -0.15) is 0 Å². The molecule has 1 rings (SSSR count). The van der Waals surface area contributed by atoms with E-state index in [2.05, 4.69) is 20.9 Å². The Balaban J connectivity index is 3.38. The standard InChI is InChI=1S/C11H15BrN2O3S/c1-7(2)5-11(10(13)15,18(16)17)8-3-4-9(12)14-6-8/h3-4,6-7H,5H2,1-2H3,(H2,13,15)(H,16,17). The summed E-state index contributed by atoms with van der Waals surface area (Å²) in [5, 5.41) is 0. The first-order chi connectivity index (χ1) is 8.30. The normalized spacial score (nSPS) is 16.3. The first-order valence-electron chi connectivity index (χ1n) is 5.33. The first-order valence-corrected chi connectivity index (χ1v) is 7.23. The molecular weight excluding hydrogens is 320 g/mol. The Labute approximate surface area is 117 Å². The molecule has 5 nitrogen and oxygen atoms in total. The number of aromatic nitrogens is 1. The van der Waals surface area contributed by atoms with Crippen LogP contribution in [0.3, 0.4) is 0 Å². The van der Waals surface area contributed by atoms with E-state index in [-0.39, 0.29) is 12.3 Å². The summed E-state index contributed by atoms with van der Waals surface area (Å²) in [6, 6.07) is 3.19. The smallest absolute Gasteiger partial charge is 0.243 e. The molecule has 2 atom stereocenters. The van der Waals surface area contributed by atoms with E-state index in [1.54, 1.807) is 12.1 Å². The van der Waals surface area contributed by atoms with Gasteiger partial charge in [0, 0.05) is 11.8 Å². The Kier molecular flexibility index (Phi) is 5.01. The molecule has 7 heteroatoms. The summed E-state index contributed by atoms with van der Waals surface area (Å²) >= 11 is 0.771. The van der Waals surface area contributed by atoms with Crippen molar-refractivity contribution in [1.29, 1.82) is 0 Å². The van der Waals surface area contributed by atoms with E-state index >= 15 is 0 Å². The SMILES string of the molecule is CC(C)CC(C(N)=O)(c1ccc(Br)nc1)S(=O)O. The van der Waals surface area contributed by atoms with Crippen LogP contribution in [0.5, 0.6) is 0 Å². The Morgan fingerprint density at radius 3 is 2.56 bits per heavy atom. The molecule has 0 spiro atoms. The molecule has 0 saturated heterocycles. The summed E-state index contributed by atoms with van der Waals surface area (Å²) in [6.07, 6.45) is 1.58. The Morgan fingerprint density at radius 2 is 2.22 bits per heavy atom. The Bertz CT molecular complexity index is 448. The lowest BCUT2D eigenvalue weighted by Crippen LogP contribution is -2.45. The summed E-state index contributed by atoms with van der Waals surface area (Å²) in [7, 11) is 0. The van der Waals surface area contributed by atoms with Gasteiger partial charge in [-0.05, 0) is 34.3 Å². The van der Waals surface area contributed by atoms with Crippen molar-refractivity contribution in [2.45, 2.75) is 25.0 Å². The van der Waals surface area contributed by atoms with Crippen LogP contribution in [0, 0.1) is 5.92 Å². The molecule has 3 N–H and O–H groups in total. The van der Waals surface area contributed by atoms with E-state index in [1.807, 2.05) is 13.8 Å². The number of halogens is 1. The van der Waals surface area contributed by atoms with Crippen molar-refractivity contribution in [3.8, 4) is 0 Å². The van der Waals surface area contributed by atoms with Gasteiger partial charge < -0.3 is 10.3 Å². The molecule has 1 amide bonds. The lowest BCUT2D eigenvalue weighted by molar-refractivity contribution is -0.121. The molecule has 0 bridgehead atoms. The predicted octanol–water partition coefficient (Wildman–Crippen LogP) is 1.79. The van der Waals surface area contributed by atoms with Crippen LogP contribution < -0.4 is 5.73 Å². The molecule has 100 valence electrons. The molecule has 0 aromatic carbocycles. The highest BCUT2D eigenvalue weighted by molar-refractivity contribution is 9.10. The summed E-state index contributed by atoms with van der Waals surface area (Å²) in [6.45, 7) is 3.72. The molecule has 1 aromatic heterocycles. The number of hydrogen-bond donors (Lipinski definition) is 2. The number of amides is 1. The molecule has 0 saturated carbocycles. The van der Waals surface area contributed by atoms with Crippen LogP contribution >= 0.6 is 15.9 Å². The number of hydrogen-bond acceptors (Lipinski definition) is 3. The summed E-state index contributed by atoms with van der Waals surface area (Å²) in [4.78, 5) is 15.7. The van der Waals surface area contributed by atoms with Gasteiger partial charge in [0.25, 0.3) is 0 Å². The molecule has 0 aliphatic heterocycles. The van der Waals surface area contributed by atoms with E-state index in [1.165, 1.54) is 6.20 Å². The van der Waals surface area contributed by atoms with Crippen molar-refractivity contribution in [3.63, 3.8) is 0 Å². The minimum absolute atomic E-state index is 0.0391. The van der Waals surface area contributed by atoms with Crippen molar-refractivity contribution >= 4 is 32.9 Å². The Hall–Kier alpha value is -0.790. The number of carbonyl (C=O) groups excluding carboxylic acids is 1. The second kappa shape index (κ2) is 5.90. The van der Waals surface area contributed by atoms with Crippen LogP contribution in [0.25, 0.3) is 0 Å². The third-order valence-corrected chi connectivity index (χ3v) is 4.25. The molecule has 1 aromatic rings. The van der Waals surface area contributed by atoms with Crippen LogP contribution in [-0.2, 0) is 20.6 Å². The quantitative estimate of drug-likeness (QED) is 0.634. The molecule has 0 aliphatic rings. The fourth-order valence-corrected chi connectivity index (χ4v) is 3.01. The lowest BCUT2D eigenvalue weighted by Gasteiger charge is -2.28. The van der Waals surface area contributed by atoms with Crippen LogP contribution in [0.4, 0.5) is 0 Å². The second-order valence-corrected chi connectivity index (χ2v) is 6.42. The maximum Gasteiger partial charge on any atom is 0.243 e. The van der Waals surface area contributed by atoms with Gasteiger partial charge >= 0.3 is 0 Å². The van der Waals surface area contributed by atoms with Crippen LogP contribution in [-0.4, -0.2) is 19.7 Å². The molecule has 0 radical (unpaired) electrons. The fraction of sp³-hybridized carbons (Fsp3) is 0.455. The van der Waals surface area contributed by atoms with Gasteiger partial charge in [0.05, 0.1) is 0 Å². The molecule has 18 heavy (non-hydrogen) atoms. The van der Waals surface area contributed by atoms with Crippen LogP contribution in [0.15, 0.2) is 22.9 Å². The maximum atomic E-state index is 11.7. The van der Waals surface area contributed by atoms with Crippen LogP contribution in [0.2, 0.25) is 0 Å². The topological polar surface area (TPSA) is 93.3 Å². The van der Waals surface area contributed by atoms with Gasteiger partial charge in [-0.1, -0.05) is 19.9 Å². The van der Waals surface area contributed by atoms with Crippen molar-refractivity contribution in [1.82, 2.24) is 4.98 Å². The van der Waals surface area contributed by atoms with Gasteiger partial charge in [-0.3, -0.25) is 4.79 Å². The van der Waals surface area contributed by atoms with Gasteiger partial charge in [0.1, 0.15) is 4.60 Å². The minimum atomic E-state index is -2.40. The highest BCUT2D eigenvalue weighted by atomic mass is 79.9. The average Bonchev–Trinajstić information content (AvgIpc) is 2.26. The van der Waals surface area contributed by atoms with Crippen LogP contribution in [0.1, 0.15) is 25.8 Å². The summed E-state index contributed by atoms with van der Waals surface area (Å²) < 4.78 is 20.2. The molecule has 1 heterocycles. The third-order valence-electron chi connectivity index (χ3n) is 2.59. The molecular formula is C11H15BrN2O3S. The zero-order chi connectivity index (χ0) is 13.9. The van der Waals surface area contributed by atoms with E-state index in [0.29, 0.717) is 10.2 Å². The largest absolute Gasteiger partial charge is 0.368 e. The number of rotatable bonds is 5. The molecule has 0 fully saturated rings. The van der Waals surface area contributed by atoms with E-state index in [4.69, 9.17) is 5.73 Å². The van der Waals surface area contributed by atoms with Crippen molar-refractivity contribution < 1.29 is 13.6 Å². The third kappa shape index (κ3) is 2.96. The van der Waals surface area contributed by atoms with Gasteiger partial charge in [0.15, 0.2) is 15.8 Å². The fourth-order valence-electron chi connectivity index (χ4n) is 1.81. The summed E-state index contributed by atoms with van der Waals surface area (Å²) in [5.74, 6) is -0.779. The number of primary amides is 1. The lowest BCUT2D eigenvalue weighted by atomic mass is 9.89. The van der Waals surface area contributed by atoms with E-state index in [0.717, 1.165) is 0 Å². The number of nitrogens with two attached hydrogens (primary N) is 1. The van der Waals surface area contributed by atoms with Gasteiger partial charge in [0.2, 0.25) is 5.91 Å².